The summed E-state index contributed by atoms with van der Waals surface area (Å²) in [5.74, 6) is 1.64. The number of aromatic hydroxyl groups is 1. The van der Waals surface area contributed by atoms with Crippen LogP contribution in [0, 0.1) is 5.92 Å². The molecule has 0 unspecified atom stereocenters. The van der Waals surface area contributed by atoms with Crippen molar-refractivity contribution in [1.29, 1.82) is 0 Å². The van der Waals surface area contributed by atoms with Crippen LogP contribution in [-0.2, 0) is 0 Å². The van der Waals surface area contributed by atoms with Crippen LogP contribution in [0.3, 0.4) is 0 Å². The first-order valence-electron chi connectivity index (χ1n) is 6.20. The lowest BCUT2D eigenvalue weighted by molar-refractivity contribution is 0.221. The minimum atomic E-state index is 0.311. The van der Waals surface area contributed by atoms with Gasteiger partial charge in [0, 0.05) is 6.61 Å². The Morgan fingerprint density at radius 2 is 1.75 bits per heavy atom. The zero-order valence-electron chi connectivity index (χ0n) is 9.60. The van der Waals surface area contributed by atoms with E-state index in [4.69, 9.17) is 5.11 Å². The van der Waals surface area contributed by atoms with Gasteiger partial charge in [0.05, 0.1) is 0 Å². The number of phenolic OH excluding ortho intramolecular Hbond substituents is 1. The van der Waals surface area contributed by atoms with Gasteiger partial charge in [-0.2, -0.15) is 0 Å². The molecule has 1 fully saturated rings. The summed E-state index contributed by atoms with van der Waals surface area (Å²) in [6.45, 7) is 0.311. The summed E-state index contributed by atoms with van der Waals surface area (Å²) in [7, 11) is 0. The Hall–Kier alpha value is -1.02. The van der Waals surface area contributed by atoms with Crippen molar-refractivity contribution in [2.75, 3.05) is 6.61 Å². The fraction of sp³-hybridized carbons (Fsp3) is 0.571. The van der Waals surface area contributed by atoms with Crippen LogP contribution in [0.4, 0.5) is 0 Å². The van der Waals surface area contributed by atoms with E-state index in [-0.39, 0.29) is 0 Å². The summed E-state index contributed by atoms with van der Waals surface area (Å²) < 4.78 is 0. The molecule has 0 aromatic heterocycles. The average molecular weight is 220 g/mol. The van der Waals surface area contributed by atoms with E-state index >= 15 is 0 Å². The molecule has 0 amide bonds. The van der Waals surface area contributed by atoms with Crippen LogP contribution in [-0.4, -0.2) is 16.8 Å². The van der Waals surface area contributed by atoms with Crippen molar-refractivity contribution in [3.63, 3.8) is 0 Å². The molecule has 2 heteroatoms. The maximum atomic E-state index is 9.79. The van der Waals surface area contributed by atoms with E-state index in [0.717, 1.165) is 24.8 Å². The third kappa shape index (κ3) is 2.56. The van der Waals surface area contributed by atoms with Crippen molar-refractivity contribution in [1.82, 2.24) is 0 Å². The van der Waals surface area contributed by atoms with Crippen molar-refractivity contribution >= 4 is 0 Å². The van der Waals surface area contributed by atoms with Crippen LogP contribution in [0.2, 0.25) is 0 Å². The normalized spacial score (nSPS) is 25.6. The lowest BCUT2D eigenvalue weighted by Gasteiger charge is -2.28. The second-order valence-electron chi connectivity index (χ2n) is 4.79. The first kappa shape index (κ1) is 11.5. The van der Waals surface area contributed by atoms with Gasteiger partial charge in [0.15, 0.2) is 0 Å². The molecule has 1 saturated carbocycles. The zero-order chi connectivity index (χ0) is 11.4. The Labute approximate surface area is 96.9 Å². The molecule has 0 spiro atoms. The number of benzene rings is 1. The van der Waals surface area contributed by atoms with Crippen LogP contribution in [0.15, 0.2) is 24.3 Å². The highest BCUT2D eigenvalue weighted by Gasteiger charge is 2.23. The standard InChI is InChI=1S/C14H20O2/c15-10-9-11-5-7-12(8-6-11)13-3-1-2-4-14(13)16/h1-4,11-12,15-16H,5-10H2. The number of phenols is 1. The molecule has 2 N–H and O–H groups in total. The van der Waals surface area contributed by atoms with Crippen LogP contribution in [0.5, 0.6) is 5.75 Å². The molecule has 0 saturated heterocycles. The second kappa shape index (κ2) is 5.35. The largest absolute Gasteiger partial charge is 0.508 e. The summed E-state index contributed by atoms with van der Waals surface area (Å²) in [5, 5.41) is 18.7. The van der Waals surface area contributed by atoms with Crippen LogP contribution >= 0.6 is 0 Å². The molecule has 88 valence electrons. The predicted molar refractivity (Wildman–Crippen MR) is 64.5 cm³/mol. The van der Waals surface area contributed by atoms with Gasteiger partial charge in [-0.25, -0.2) is 0 Å². The predicted octanol–water partition coefficient (Wildman–Crippen LogP) is 3.05. The van der Waals surface area contributed by atoms with E-state index in [2.05, 4.69) is 0 Å². The van der Waals surface area contributed by atoms with Gasteiger partial charge in [0.1, 0.15) is 5.75 Å². The first-order valence-corrected chi connectivity index (χ1v) is 6.20. The molecule has 0 aliphatic heterocycles. The fourth-order valence-corrected chi connectivity index (χ4v) is 2.78. The molecule has 1 aromatic carbocycles. The molecule has 1 aliphatic rings. The minimum absolute atomic E-state index is 0.311. The zero-order valence-corrected chi connectivity index (χ0v) is 9.60. The third-order valence-electron chi connectivity index (χ3n) is 3.76. The van der Waals surface area contributed by atoms with Gasteiger partial charge in [0.2, 0.25) is 0 Å². The quantitative estimate of drug-likeness (QED) is 0.822. The monoisotopic (exact) mass is 220 g/mol. The molecule has 0 heterocycles. The smallest absolute Gasteiger partial charge is 0.119 e. The van der Waals surface area contributed by atoms with Crippen molar-refractivity contribution in [3.8, 4) is 5.75 Å². The molecule has 2 nitrogen and oxygen atoms in total. The SMILES string of the molecule is OCCC1CCC(c2ccccc2O)CC1. The minimum Gasteiger partial charge on any atom is -0.508 e. The van der Waals surface area contributed by atoms with Crippen LogP contribution in [0.25, 0.3) is 0 Å². The van der Waals surface area contributed by atoms with E-state index in [0.29, 0.717) is 24.2 Å². The van der Waals surface area contributed by atoms with E-state index in [1.54, 1.807) is 6.07 Å². The number of hydrogen-bond acceptors (Lipinski definition) is 2. The maximum absolute atomic E-state index is 9.79. The van der Waals surface area contributed by atoms with Gasteiger partial charge < -0.3 is 10.2 Å². The van der Waals surface area contributed by atoms with Crippen molar-refractivity contribution in [2.45, 2.75) is 38.0 Å². The number of aliphatic hydroxyl groups is 1. The molecule has 16 heavy (non-hydrogen) atoms. The van der Waals surface area contributed by atoms with Crippen molar-refractivity contribution < 1.29 is 10.2 Å². The summed E-state index contributed by atoms with van der Waals surface area (Å²) in [4.78, 5) is 0. The van der Waals surface area contributed by atoms with E-state index in [1.165, 1.54) is 12.8 Å². The molecule has 0 atom stereocenters. The Morgan fingerprint density at radius 3 is 2.38 bits per heavy atom. The first-order chi connectivity index (χ1) is 7.81. The molecule has 2 rings (SSSR count). The summed E-state index contributed by atoms with van der Waals surface area (Å²) in [6, 6.07) is 7.67. The second-order valence-corrected chi connectivity index (χ2v) is 4.79. The Balaban J connectivity index is 1.96. The number of hydrogen-bond donors (Lipinski definition) is 2. The van der Waals surface area contributed by atoms with E-state index in [1.807, 2.05) is 18.2 Å². The highest BCUT2D eigenvalue weighted by atomic mass is 16.3. The number of rotatable bonds is 3. The molecule has 1 aliphatic carbocycles. The molecule has 0 radical (unpaired) electrons. The maximum Gasteiger partial charge on any atom is 0.119 e. The summed E-state index contributed by atoms with van der Waals surface area (Å²) in [6.07, 6.45) is 5.58. The number of aliphatic hydroxyl groups excluding tert-OH is 1. The Bertz CT molecular complexity index is 327. The summed E-state index contributed by atoms with van der Waals surface area (Å²) in [5.41, 5.74) is 1.10. The van der Waals surface area contributed by atoms with Gasteiger partial charge in [-0.05, 0) is 55.6 Å². The lowest BCUT2D eigenvalue weighted by Crippen LogP contribution is -2.14. The Morgan fingerprint density at radius 1 is 1.06 bits per heavy atom. The molecular weight excluding hydrogens is 200 g/mol. The molecule has 0 bridgehead atoms. The Kier molecular flexibility index (Phi) is 3.83. The lowest BCUT2D eigenvalue weighted by atomic mass is 9.77. The average Bonchev–Trinajstić information content (AvgIpc) is 2.31. The van der Waals surface area contributed by atoms with E-state index in [9.17, 15) is 5.11 Å². The van der Waals surface area contributed by atoms with E-state index < -0.39 is 0 Å². The van der Waals surface area contributed by atoms with Gasteiger partial charge in [0.25, 0.3) is 0 Å². The van der Waals surface area contributed by atoms with Gasteiger partial charge >= 0.3 is 0 Å². The van der Waals surface area contributed by atoms with Crippen molar-refractivity contribution in [2.24, 2.45) is 5.92 Å². The van der Waals surface area contributed by atoms with Gasteiger partial charge in [-0.3, -0.25) is 0 Å². The highest BCUT2D eigenvalue weighted by Crippen LogP contribution is 2.39. The topological polar surface area (TPSA) is 40.5 Å². The van der Waals surface area contributed by atoms with Crippen LogP contribution < -0.4 is 0 Å². The summed E-state index contributed by atoms with van der Waals surface area (Å²) >= 11 is 0. The highest BCUT2D eigenvalue weighted by molar-refractivity contribution is 5.35. The number of para-hydroxylation sites is 1. The van der Waals surface area contributed by atoms with Crippen LogP contribution in [0.1, 0.15) is 43.6 Å². The fourth-order valence-electron chi connectivity index (χ4n) is 2.78. The van der Waals surface area contributed by atoms with Gasteiger partial charge in [-0.15, -0.1) is 0 Å². The third-order valence-corrected chi connectivity index (χ3v) is 3.76. The molecule has 1 aromatic rings. The molecular formula is C14H20O2. The van der Waals surface area contributed by atoms with Gasteiger partial charge in [-0.1, -0.05) is 18.2 Å². The van der Waals surface area contributed by atoms with Crippen molar-refractivity contribution in [3.05, 3.63) is 29.8 Å².